The molecule has 0 bridgehead atoms. The third kappa shape index (κ3) is 7.13. The number of carbonyl (C=O) groups is 2. The van der Waals surface area contributed by atoms with Gasteiger partial charge in [-0.3, -0.25) is 9.59 Å². The molecule has 0 saturated heterocycles. The van der Waals surface area contributed by atoms with Crippen LogP contribution in [0.3, 0.4) is 0 Å². The zero-order valence-corrected chi connectivity index (χ0v) is 20.8. The Hall–Kier alpha value is -1.86. The molecule has 0 radical (unpaired) electrons. The molecule has 2 aromatic rings. The molecule has 2 amide bonds. The van der Waals surface area contributed by atoms with Crippen molar-refractivity contribution < 1.29 is 14.3 Å². The molecule has 0 aromatic heterocycles. The maximum absolute atomic E-state index is 13.0. The molecule has 7 heteroatoms. The Balaban J connectivity index is 2.14. The monoisotopic (exact) mass is 538 g/mol. The van der Waals surface area contributed by atoms with Crippen molar-refractivity contribution in [3.63, 3.8) is 0 Å². The van der Waals surface area contributed by atoms with E-state index < -0.39 is 6.04 Å². The second-order valence-electron chi connectivity index (χ2n) is 7.02. The molecule has 2 rings (SSSR count). The van der Waals surface area contributed by atoms with E-state index in [4.69, 9.17) is 4.74 Å². The van der Waals surface area contributed by atoms with Crippen LogP contribution in [0.4, 0.5) is 0 Å². The van der Waals surface area contributed by atoms with Gasteiger partial charge in [-0.05, 0) is 71.1 Å². The summed E-state index contributed by atoms with van der Waals surface area (Å²) in [5, 5.41) is 2.87. The maximum atomic E-state index is 13.0. The molecule has 162 valence electrons. The standard InChI is InChI=1S/C23H28Br2N2O3/c1-4-12-26-23(29)16(3)27(14-18-6-9-19(24)10-7-18)22(28)15-30-21-11-8-17(5-2)13-20(21)25/h6-11,13,16H,4-5,12,14-15H2,1-3H3,(H,26,29)/t16-/m1/s1. The smallest absolute Gasteiger partial charge is 0.261 e. The maximum Gasteiger partial charge on any atom is 0.261 e. The predicted molar refractivity (Wildman–Crippen MR) is 126 cm³/mol. The highest BCUT2D eigenvalue weighted by Crippen LogP contribution is 2.26. The first kappa shape index (κ1) is 24.4. The van der Waals surface area contributed by atoms with Gasteiger partial charge in [0.05, 0.1) is 4.47 Å². The molecule has 5 nitrogen and oxygen atoms in total. The number of carbonyl (C=O) groups excluding carboxylic acids is 2. The van der Waals surface area contributed by atoms with Crippen LogP contribution in [0.2, 0.25) is 0 Å². The number of nitrogens with zero attached hydrogens (tertiary/aromatic N) is 1. The van der Waals surface area contributed by atoms with Crippen molar-refractivity contribution in [3.8, 4) is 5.75 Å². The quantitative estimate of drug-likeness (QED) is 0.457. The van der Waals surface area contributed by atoms with E-state index in [9.17, 15) is 9.59 Å². The fourth-order valence-electron chi connectivity index (χ4n) is 2.87. The first-order valence-electron chi connectivity index (χ1n) is 10.1. The van der Waals surface area contributed by atoms with E-state index in [0.29, 0.717) is 18.8 Å². The number of hydrogen-bond acceptors (Lipinski definition) is 3. The van der Waals surface area contributed by atoms with Crippen LogP contribution in [0.1, 0.15) is 38.3 Å². The van der Waals surface area contributed by atoms with Gasteiger partial charge in [0, 0.05) is 17.6 Å². The number of rotatable bonds is 10. The zero-order chi connectivity index (χ0) is 22.1. The lowest BCUT2D eigenvalue weighted by molar-refractivity contribution is -0.142. The van der Waals surface area contributed by atoms with Crippen molar-refractivity contribution in [1.82, 2.24) is 10.2 Å². The van der Waals surface area contributed by atoms with Crippen LogP contribution in [0.5, 0.6) is 5.75 Å². The van der Waals surface area contributed by atoms with Gasteiger partial charge in [-0.25, -0.2) is 0 Å². The van der Waals surface area contributed by atoms with Gasteiger partial charge in [0.15, 0.2) is 6.61 Å². The highest BCUT2D eigenvalue weighted by molar-refractivity contribution is 9.10. The van der Waals surface area contributed by atoms with Crippen molar-refractivity contribution in [2.24, 2.45) is 0 Å². The number of hydrogen-bond donors (Lipinski definition) is 1. The van der Waals surface area contributed by atoms with Gasteiger partial charge < -0.3 is 15.0 Å². The first-order chi connectivity index (χ1) is 14.3. The lowest BCUT2D eigenvalue weighted by atomic mass is 10.1. The lowest BCUT2D eigenvalue weighted by Crippen LogP contribution is -2.49. The Morgan fingerprint density at radius 2 is 1.73 bits per heavy atom. The summed E-state index contributed by atoms with van der Waals surface area (Å²) >= 11 is 6.92. The minimum absolute atomic E-state index is 0.147. The molecule has 0 aliphatic rings. The normalized spacial score (nSPS) is 11.6. The summed E-state index contributed by atoms with van der Waals surface area (Å²) in [4.78, 5) is 27.1. The Morgan fingerprint density at radius 3 is 2.33 bits per heavy atom. The summed E-state index contributed by atoms with van der Waals surface area (Å²) in [6.45, 7) is 6.57. The number of ether oxygens (including phenoxy) is 1. The van der Waals surface area contributed by atoms with Gasteiger partial charge in [-0.15, -0.1) is 0 Å². The minimum atomic E-state index is -0.609. The second-order valence-corrected chi connectivity index (χ2v) is 8.79. The average Bonchev–Trinajstić information content (AvgIpc) is 2.75. The van der Waals surface area contributed by atoms with E-state index >= 15 is 0 Å². The van der Waals surface area contributed by atoms with E-state index in [2.05, 4.69) is 44.1 Å². The topological polar surface area (TPSA) is 58.6 Å². The highest BCUT2D eigenvalue weighted by atomic mass is 79.9. The largest absolute Gasteiger partial charge is 0.483 e. The van der Waals surface area contributed by atoms with Crippen LogP contribution in [0.25, 0.3) is 0 Å². The molecule has 0 aliphatic carbocycles. The van der Waals surface area contributed by atoms with E-state index in [1.54, 1.807) is 11.8 Å². The van der Waals surface area contributed by atoms with Crippen LogP contribution in [0, 0.1) is 0 Å². The van der Waals surface area contributed by atoms with Gasteiger partial charge in [-0.1, -0.05) is 48.0 Å². The van der Waals surface area contributed by atoms with Gasteiger partial charge in [0.25, 0.3) is 5.91 Å². The molecule has 1 atom stereocenters. The molecule has 2 aromatic carbocycles. The Kier molecular flexibility index (Phi) is 9.85. The molecule has 1 N–H and O–H groups in total. The van der Waals surface area contributed by atoms with Gasteiger partial charge >= 0.3 is 0 Å². The molecular weight excluding hydrogens is 512 g/mol. The van der Waals surface area contributed by atoms with E-state index in [0.717, 1.165) is 27.4 Å². The summed E-state index contributed by atoms with van der Waals surface area (Å²) in [6.07, 6.45) is 1.76. The minimum Gasteiger partial charge on any atom is -0.483 e. The van der Waals surface area contributed by atoms with Gasteiger partial charge in [0.2, 0.25) is 5.91 Å². The molecule has 0 heterocycles. The summed E-state index contributed by atoms with van der Waals surface area (Å²) in [7, 11) is 0. The van der Waals surface area contributed by atoms with Gasteiger partial charge in [-0.2, -0.15) is 0 Å². The molecule has 0 unspecified atom stereocenters. The fraction of sp³-hybridized carbons (Fsp3) is 0.391. The summed E-state index contributed by atoms with van der Waals surface area (Å²) in [5.74, 6) is 0.187. The zero-order valence-electron chi connectivity index (χ0n) is 17.6. The second kappa shape index (κ2) is 12.1. The van der Waals surface area contributed by atoms with Crippen LogP contribution >= 0.6 is 31.9 Å². The third-order valence-electron chi connectivity index (χ3n) is 4.74. The van der Waals surface area contributed by atoms with Crippen molar-refractivity contribution in [1.29, 1.82) is 0 Å². The highest BCUT2D eigenvalue weighted by Gasteiger charge is 2.26. The molecule has 0 saturated carbocycles. The number of aryl methyl sites for hydroxylation is 1. The van der Waals surface area contributed by atoms with Gasteiger partial charge in [0.1, 0.15) is 11.8 Å². The van der Waals surface area contributed by atoms with Crippen molar-refractivity contribution in [2.45, 2.75) is 46.2 Å². The summed E-state index contributed by atoms with van der Waals surface area (Å²) in [5.41, 5.74) is 2.12. The molecular formula is C23H28Br2N2O3. The Bertz CT molecular complexity index is 856. The molecule has 0 aliphatic heterocycles. The molecule has 30 heavy (non-hydrogen) atoms. The van der Waals surface area contributed by atoms with E-state index in [-0.39, 0.29) is 18.4 Å². The van der Waals surface area contributed by atoms with Crippen LogP contribution in [0.15, 0.2) is 51.4 Å². The Morgan fingerprint density at radius 1 is 1.07 bits per heavy atom. The van der Waals surface area contributed by atoms with Crippen LogP contribution in [-0.2, 0) is 22.6 Å². The number of nitrogens with one attached hydrogen (secondary N) is 1. The fourth-order valence-corrected chi connectivity index (χ4v) is 3.67. The molecule has 0 spiro atoms. The van der Waals surface area contributed by atoms with E-state index in [1.165, 1.54) is 5.56 Å². The molecule has 0 fully saturated rings. The van der Waals surface area contributed by atoms with E-state index in [1.807, 2.05) is 49.4 Å². The van der Waals surface area contributed by atoms with Crippen molar-refractivity contribution in [2.75, 3.05) is 13.2 Å². The first-order valence-corrected chi connectivity index (χ1v) is 11.7. The predicted octanol–water partition coefficient (Wildman–Crippen LogP) is 5.10. The van der Waals surface area contributed by atoms with Crippen LogP contribution in [-0.4, -0.2) is 35.9 Å². The number of benzene rings is 2. The summed E-state index contributed by atoms with van der Waals surface area (Å²) in [6, 6.07) is 12.9. The Labute approximate surface area is 195 Å². The average molecular weight is 540 g/mol. The van der Waals surface area contributed by atoms with Crippen LogP contribution < -0.4 is 10.1 Å². The van der Waals surface area contributed by atoms with Crippen molar-refractivity contribution >= 4 is 43.7 Å². The number of halogens is 2. The summed E-state index contributed by atoms with van der Waals surface area (Å²) < 4.78 is 7.54. The number of amides is 2. The SMILES string of the molecule is CCCNC(=O)[C@@H](C)N(Cc1ccc(Br)cc1)C(=O)COc1ccc(CC)cc1Br. The lowest BCUT2D eigenvalue weighted by Gasteiger charge is -2.29. The third-order valence-corrected chi connectivity index (χ3v) is 5.89. The van der Waals surface area contributed by atoms with Crippen molar-refractivity contribution in [3.05, 3.63) is 62.5 Å².